The standard InChI is InChI=1S/C34H65NO4/c1-5-7-9-11-13-15-16-17-18-20-22-24-26-30-34(33(37)38,39-32(36)28-27-31-35(3)4)29-25-23-21-19-14-12-10-8-6-2/h23,25H,5-22,24,26-31H2,1-4H3,(H,37,38)/b25-23+. The lowest BCUT2D eigenvalue weighted by Crippen LogP contribution is -2.43. The van der Waals surface area contributed by atoms with Crippen molar-refractivity contribution < 1.29 is 19.4 Å². The molecule has 0 spiro atoms. The zero-order chi connectivity index (χ0) is 29.0. The van der Waals surface area contributed by atoms with E-state index >= 15 is 0 Å². The van der Waals surface area contributed by atoms with Crippen molar-refractivity contribution in [3.05, 3.63) is 12.2 Å². The van der Waals surface area contributed by atoms with Gasteiger partial charge in [-0.25, -0.2) is 4.79 Å². The van der Waals surface area contributed by atoms with Crippen molar-refractivity contribution in [2.24, 2.45) is 0 Å². The lowest BCUT2D eigenvalue weighted by atomic mass is 9.91. The number of esters is 1. The average Bonchev–Trinajstić information content (AvgIpc) is 2.89. The third-order valence-corrected chi connectivity index (χ3v) is 7.71. The third-order valence-electron chi connectivity index (χ3n) is 7.71. The first-order chi connectivity index (χ1) is 18.9. The van der Waals surface area contributed by atoms with Gasteiger partial charge in [-0.3, -0.25) is 4.79 Å². The first-order valence-electron chi connectivity index (χ1n) is 16.6. The molecule has 0 saturated heterocycles. The van der Waals surface area contributed by atoms with Crippen LogP contribution in [0.15, 0.2) is 12.2 Å². The van der Waals surface area contributed by atoms with Gasteiger partial charge in [-0.1, -0.05) is 135 Å². The highest BCUT2D eigenvalue weighted by atomic mass is 16.6. The van der Waals surface area contributed by atoms with Crippen molar-refractivity contribution in [3.8, 4) is 0 Å². The molecule has 1 atom stereocenters. The molecule has 230 valence electrons. The summed E-state index contributed by atoms with van der Waals surface area (Å²) in [5, 5.41) is 10.2. The highest BCUT2D eigenvalue weighted by Crippen LogP contribution is 2.27. The van der Waals surface area contributed by atoms with E-state index in [0.29, 0.717) is 12.8 Å². The molecule has 0 saturated carbocycles. The van der Waals surface area contributed by atoms with Crippen LogP contribution in [0.3, 0.4) is 0 Å². The van der Waals surface area contributed by atoms with E-state index in [-0.39, 0.29) is 12.8 Å². The molecule has 0 amide bonds. The van der Waals surface area contributed by atoms with Gasteiger partial charge in [0.15, 0.2) is 0 Å². The van der Waals surface area contributed by atoms with Crippen LogP contribution in [-0.2, 0) is 14.3 Å². The van der Waals surface area contributed by atoms with Crippen LogP contribution in [0.1, 0.15) is 168 Å². The maximum atomic E-state index is 12.6. The van der Waals surface area contributed by atoms with Gasteiger partial charge in [-0.15, -0.1) is 0 Å². The number of carbonyl (C=O) groups is 2. The smallest absolute Gasteiger partial charge is 0.348 e. The Bertz CT molecular complexity index is 604. The van der Waals surface area contributed by atoms with Gasteiger partial charge < -0.3 is 14.7 Å². The maximum absolute atomic E-state index is 12.6. The van der Waals surface area contributed by atoms with Crippen molar-refractivity contribution in [2.45, 2.75) is 174 Å². The fraction of sp³-hybridized carbons (Fsp3) is 0.882. The summed E-state index contributed by atoms with van der Waals surface area (Å²) < 4.78 is 5.75. The fourth-order valence-corrected chi connectivity index (χ4v) is 5.10. The molecule has 0 radical (unpaired) electrons. The van der Waals surface area contributed by atoms with Gasteiger partial charge in [0.05, 0.1) is 0 Å². The second-order valence-corrected chi connectivity index (χ2v) is 11.9. The number of carbonyl (C=O) groups excluding carboxylic acids is 1. The maximum Gasteiger partial charge on any atom is 0.348 e. The number of aliphatic carboxylic acids is 1. The summed E-state index contributed by atoms with van der Waals surface area (Å²) in [7, 11) is 3.94. The van der Waals surface area contributed by atoms with E-state index in [9.17, 15) is 14.7 Å². The molecule has 5 heteroatoms. The van der Waals surface area contributed by atoms with Gasteiger partial charge in [0, 0.05) is 12.8 Å². The minimum atomic E-state index is -1.44. The molecule has 0 aromatic carbocycles. The van der Waals surface area contributed by atoms with Gasteiger partial charge in [-0.05, 0) is 52.7 Å². The predicted molar refractivity (Wildman–Crippen MR) is 166 cm³/mol. The Hall–Kier alpha value is -1.36. The number of hydrogen-bond donors (Lipinski definition) is 1. The first-order valence-corrected chi connectivity index (χ1v) is 16.6. The Balaban J connectivity index is 4.56. The number of nitrogens with zero attached hydrogens (tertiary/aromatic N) is 1. The van der Waals surface area contributed by atoms with Crippen LogP contribution < -0.4 is 0 Å². The minimum absolute atomic E-state index is 0.257. The number of hydrogen-bond acceptors (Lipinski definition) is 4. The predicted octanol–water partition coefficient (Wildman–Crippen LogP) is 9.87. The number of rotatable bonds is 29. The molecule has 0 bridgehead atoms. The number of carboxylic acids is 1. The summed E-state index contributed by atoms with van der Waals surface area (Å²) in [6.45, 7) is 5.27. The van der Waals surface area contributed by atoms with Gasteiger partial charge in [0.1, 0.15) is 0 Å². The molecular formula is C34H65NO4. The SMILES string of the molecule is CCCCCCCC/C=C/CC(CCCCCCCCCCCCCCC)(OC(=O)CCCN(C)C)C(=O)O. The lowest BCUT2D eigenvalue weighted by Gasteiger charge is -2.28. The molecule has 0 aromatic heterocycles. The van der Waals surface area contributed by atoms with Gasteiger partial charge in [-0.2, -0.15) is 0 Å². The zero-order valence-electron chi connectivity index (χ0n) is 26.5. The monoisotopic (exact) mass is 551 g/mol. The number of carboxylic acid groups (broad SMARTS) is 1. The zero-order valence-corrected chi connectivity index (χ0v) is 26.5. The summed E-state index contributed by atoms with van der Waals surface area (Å²) in [5.74, 6) is -1.40. The number of ether oxygens (including phenoxy) is 1. The van der Waals surface area contributed by atoms with Crippen molar-refractivity contribution in [1.82, 2.24) is 4.90 Å². The van der Waals surface area contributed by atoms with Crippen LogP contribution in [0, 0.1) is 0 Å². The molecule has 0 aliphatic rings. The molecule has 0 rings (SSSR count). The van der Waals surface area contributed by atoms with Crippen LogP contribution in [0.2, 0.25) is 0 Å². The molecule has 0 heterocycles. The van der Waals surface area contributed by atoms with Crippen LogP contribution in [0.4, 0.5) is 0 Å². The summed E-state index contributed by atoms with van der Waals surface area (Å²) >= 11 is 0. The van der Waals surface area contributed by atoms with Crippen LogP contribution in [0.5, 0.6) is 0 Å². The summed E-state index contributed by atoms with van der Waals surface area (Å²) in [6, 6.07) is 0. The Morgan fingerprint density at radius 3 is 1.59 bits per heavy atom. The Morgan fingerprint density at radius 1 is 0.667 bits per heavy atom. The Morgan fingerprint density at radius 2 is 1.13 bits per heavy atom. The van der Waals surface area contributed by atoms with Crippen LogP contribution in [0.25, 0.3) is 0 Å². The van der Waals surface area contributed by atoms with Crippen molar-refractivity contribution in [3.63, 3.8) is 0 Å². The van der Waals surface area contributed by atoms with Crippen LogP contribution in [-0.4, -0.2) is 48.2 Å². The second kappa shape index (κ2) is 26.8. The van der Waals surface area contributed by atoms with Gasteiger partial charge >= 0.3 is 11.9 Å². The van der Waals surface area contributed by atoms with Crippen molar-refractivity contribution in [2.75, 3.05) is 20.6 Å². The van der Waals surface area contributed by atoms with E-state index in [1.807, 2.05) is 25.1 Å². The molecule has 0 aliphatic carbocycles. The molecule has 1 unspecified atom stereocenters. The van der Waals surface area contributed by atoms with Gasteiger partial charge in [0.2, 0.25) is 5.60 Å². The van der Waals surface area contributed by atoms with Gasteiger partial charge in [0.25, 0.3) is 0 Å². The molecular weight excluding hydrogens is 486 g/mol. The quantitative estimate of drug-likeness (QED) is 0.0569. The summed E-state index contributed by atoms with van der Waals surface area (Å²) in [5.41, 5.74) is -1.44. The molecule has 0 aliphatic heterocycles. The lowest BCUT2D eigenvalue weighted by molar-refractivity contribution is -0.179. The molecule has 0 aromatic rings. The van der Waals surface area contributed by atoms with E-state index in [2.05, 4.69) is 19.9 Å². The van der Waals surface area contributed by atoms with Crippen molar-refractivity contribution >= 4 is 11.9 Å². The fourth-order valence-electron chi connectivity index (χ4n) is 5.10. The number of allylic oxidation sites excluding steroid dienone is 1. The largest absolute Gasteiger partial charge is 0.478 e. The average molecular weight is 552 g/mol. The Kier molecular flexibility index (Phi) is 25.9. The molecule has 0 fully saturated rings. The highest BCUT2D eigenvalue weighted by molar-refractivity contribution is 5.82. The third kappa shape index (κ3) is 23.1. The van der Waals surface area contributed by atoms with Crippen LogP contribution >= 0.6 is 0 Å². The second-order valence-electron chi connectivity index (χ2n) is 11.9. The Labute approximate surface area is 242 Å². The van der Waals surface area contributed by atoms with E-state index in [1.54, 1.807) is 0 Å². The van der Waals surface area contributed by atoms with E-state index in [1.165, 1.54) is 96.3 Å². The normalized spacial score (nSPS) is 13.3. The topological polar surface area (TPSA) is 66.8 Å². The highest BCUT2D eigenvalue weighted by Gasteiger charge is 2.41. The van der Waals surface area contributed by atoms with E-state index in [0.717, 1.165) is 38.6 Å². The van der Waals surface area contributed by atoms with E-state index in [4.69, 9.17) is 4.74 Å². The molecule has 1 N–H and O–H groups in total. The summed E-state index contributed by atoms with van der Waals surface area (Å²) in [6.07, 6.45) is 30.2. The number of unbranched alkanes of at least 4 members (excludes halogenated alkanes) is 18. The van der Waals surface area contributed by atoms with Crippen molar-refractivity contribution in [1.29, 1.82) is 0 Å². The molecule has 39 heavy (non-hydrogen) atoms. The first kappa shape index (κ1) is 37.6. The van der Waals surface area contributed by atoms with E-state index < -0.39 is 17.5 Å². The molecule has 5 nitrogen and oxygen atoms in total. The minimum Gasteiger partial charge on any atom is -0.478 e. The summed E-state index contributed by atoms with van der Waals surface area (Å²) in [4.78, 5) is 27.1.